The molecule has 1 unspecified atom stereocenters. The standard InChI is InChI=1S/C17H27N3O/c1-14(17(21)20-11-5-4-6-12-20)18-13-15-7-9-16(10-8-15)19(2)3/h7-10,14,18H,4-6,11-13H2,1-3H3. The summed E-state index contributed by atoms with van der Waals surface area (Å²) < 4.78 is 0. The SMILES string of the molecule is CC(NCc1ccc(N(C)C)cc1)C(=O)N1CCCCC1. The zero-order chi connectivity index (χ0) is 15.2. The molecule has 1 fully saturated rings. The summed E-state index contributed by atoms with van der Waals surface area (Å²) in [5.41, 5.74) is 2.40. The van der Waals surface area contributed by atoms with Gasteiger partial charge >= 0.3 is 0 Å². The van der Waals surface area contributed by atoms with E-state index >= 15 is 0 Å². The fourth-order valence-corrected chi connectivity index (χ4v) is 2.66. The van der Waals surface area contributed by atoms with Crippen LogP contribution in [-0.4, -0.2) is 44.0 Å². The normalized spacial score (nSPS) is 16.6. The van der Waals surface area contributed by atoms with Crippen molar-refractivity contribution in [2.45, 2.75) is 38.8 Å². The molecule has 1 saturated heterocycles. The second-order valence-corrected chi connectivity index (χ2v) is 6.05. The Hall–Kier alpha value is -1.55. The van der Waals surface area contributed by atoms with Crippen molar-refractivity contribution >= 4 is 11.6 Å². The number of hydrogen-bond donors (Lipinski definition) is 1. The predicted molar refractivity (Wildman–Crippen MR) is 87.5 cm³/mol. The lowest BCUT2D eigenvalue weighted by Crippen LogP contribution is -2.46. The van der Waals surface area contributed by atoms with Gasteiger partial charge in [-0.3, -0.25) is 4.79 Å². The van der Waals surface area contributed by atoms with Crippen molar-refractivity contribution in [3.8, 4) is 0 Å². The molecule has 0 spiro atoms. The van der Waals surface area contributed by atoms with Gasteiger partial charge in [-0.2, -0.15) is 0 Å². The molecule has 0 aromatic heterocycles. The van der Waals surface area contributed by atoms with Crippen LogP contribution < -0.4 is 10.2 Å². The zero-order valence-electron chi connectivity index (χ0n) is 13.4. The lowest BCUT2D eigenvalue weighted by atomic mass is 10.1. The highest BCUT2D eigenvalue weighted by molar-refractivity contribution is 5.81. The number of nitrogens with one attached hydrogen (secondary N) is 1. The number of nitrogens with zero attached hydrogens (tertiary/aromatic N) is 2. The van der Waals surface area contributed by atoms with Crippen LogP contribution in [0.2, 0.25) is 0 Å². The highest BCUT2D eigenvalue weighted by Crippen LogP contribution is 2.13. The van der Waals surface area contributed by atoms with E-state index in [9.17, 15) is 4.79 Å². The Morgan fingerprint density at radius 3 is 2.38 bits per heavy atom. The summed E-state index contributed by atoms with van der Waals surface area (Å²) >= 11 is 0. The molecular weight excluding hydrogens is 262 g/mol. The van der Waals surface area contributed by atoms with E-state index in [1.807, 2.05) is 25.9 Å². The van der Waals surface area contributed by atoms with E-state index in [0.717, 1.165) is 32.5 Å². The van der Waals surface area contributed by atoms with Crippen LogP contribution in [0.3, 0.4) is 0 Å². The van der Waals surface area contributed by atoms with E-state index in [1.165, 1.54) is 17.7 Å². The highest BCUT2D eigenvalue weighted by atomic mass is 16.2. The average Bonchev–Trinajstić information content (AvgIpc) is 2.53. The fourth-order valence-electron chi connectivity index (χ4n) is 2.66. The number of amides is 1. The molecule has 1 aromatic carbocycles. The van der Waals surface area contributed by atoms with E-state index in [0.29, 0.717) is 0 Å². The number of carbonyl (C=O) groups is 1. The number of rotatable bonds is 5. The molecular formula is C17H27N3O. The van der Waals surface area contributed by atoms with Crippen molar-refractivity contribution in [1.82, 2.24) is 10.2 Å². The second-order valence-electron chi connectivity index (χ2n) is 6.05. The van der Waals surface area contributed by atoms with Gasteiger partial charge in [0.25, 0.3) is 0 Å². The molecule has 0 saturated carbocycles. The molecule has 0 aliphatic carbocycles. The Kier molecular flexibility index (Phi) is 5.62. The lowest BCUT2D eigenvalue weighted by molar-refractivity contribution is -0.133. The van der Waals surface area contributed by atoms with Crippen LogP contribution >= 0.6 is 0 Å². The first-order valence-corrected chi connectivity index (χ1v) is 7.86. The summed E-state index contributed by atoms with van der Waals surface area (Å²) in [5.74, 6) is 0.236. The summed E-state index contributed by atoms with van der Waals surface area (Å²) in [6, 6.07) is 8.32. The summed E-state index contributed by atoms with van der Waals surface area (Å²) in [6.07, 6.45) is 3.54. The van der Waals surface area contributed by atoms with Crippen molar-refractivity contribution in [3.63, 3.8) is 0 Å². The maximum atomic E-state index is 12.3. The Morgan fingerprint density at radius 1 is 1.19 bits per heavy atom. The van der Waals surface area contributed by atoms with Crippen molar-refractivity contribution in [1.29, 1.82) is 0 Å². The average molecular weight is 289 g/mol. The first kappa shape index (κ1) is 15.8. The Morgan fingerprint density at radius 2 is 1.81 bits per heavy atom. The van der Waals surface area contributed by atoms with Crippen LogP contribution in [0.25, 0.3) is 0 Å². The number of piperidine rings is 1. The molecule has 1 atom stereocenters. The second kappa shape index (κ2) is 7.46. The van der Waals surface area contributed by atoms with Crippen LogP contribution in [0.4, 0.5) is 5.69 Å². The van der Waals surface area contributed by atoms with Crippen molar-refractivity contribution in [2.75, 3.05) is 32.1 Å². The molecule has 1 aliphatic rings. The number of benzene rings is 1. The molecule has 1 aromatic rings. The number of carbonyl (C=O) groups excluding carboxylic acids is 1. The summed E-state index contributed by atoms with van der Waals surface area (Å²) in [5, 5.41) is 3.34. The third kappa shape index (κ3) is 4.46. The van der Waals surface area contributed by atoms with E-state index < -0.39 is 0 Å². The molecule has 1 N–H and O–H groups in total. The van der Waals surface area contributed by atoms with Crippen molar-refractivity contribution in [2.24, 2.45) is 0 Å². The van der Waals surface area contributed by atoms with Gasteiger partial charge in [0, 0.05) is 39.4 Å². The smallest absolute Gasteiger partial charge is 0.239 e. The maximum Gasteiger partial charge on any atom is 0.239 e. The zero-order valence-corrected chi connectivity index (χ0v) is 13.4. The van der Waals surface area contributed by atoms with Crippen LogP contribution in [0.1, 0.15) is 31.7 Å². The van der Waals surface area contributed by atoms with Gasteiger partial charge in [0.1, 0.15) is 0 Å². The van der Waals surface area contributed by atoms with Gasteiger partial charge in [-0.25, -0.2) is 0 Å². The van der Waals surface area contributed by atoms with Crippen LogP contribution in [0.5, 0.6) is 0 Å². The van der Waals surface area contributed by atoms with E-state index in [2.05, 4.69) is 34.5 Å². The van der Waals surface area contributed by atoms with Crippen LogP contribution in [0.15, 0.2) is 24.3 Å². The molecule has 0 radical (unpaired) electrons. The highest BCUT2D eigenvalue weighted by Gasteiger charge is 2.21. The number of likely N-dealkylation sites (tertiary alicyclic amines) is 1. The Labute approximate surface area is 128 Å². The Bertz CT molecular complexity index is 450. The first-order chi connectivity index (χ1) is 10.1. The molecule has 4 heteroatoms. The number of anilines is 1. The molecule has 1 aliphatic heterocycles. The number of hydrogen-bond acceptors (Lipinski definition) is 3. The van der Waals surface area contributed by atoms with Gasteiger partial charge < -0.3 is 15.1 Å². The summed E-state index contributed by atoms with van der Waals surface area (Å²) in [7, 11) is 4.07. The van der Waals surface area contributed by atoms with Crippen molar-refractivity contribution < 1.29 is 4.79 Å². The third-order valence-corrected chi connectivity index (χ3v) is 4.10. The van der Waals surface area contributed by atoms with Gasteiger partial charge in [0.15, 0.2) is 0 Å². The minimum absolute atomic E-state index is 0.114. The molecule has 116 valence electrons. The molecule has 2 rings (SSSR count). The summed E-state index contributed by atoms with van der Waals surface area (Å²) in [6.45, 7) is 4.53. The third-order valence-electron chi connectivity index (χ3n) is 4.10. The van der Waals surface area contributed by atoms with Crippen LogP contribution in [-0.2, 0) is 11.3 Å². The van der Waals surface area contributed by atoms with Gasteiger partial charge in [0.2, 0.25) is 5.91 Å². The monoisotopic (exact) mass is 289 g/mol. The quantitative estimate of drug-likeness (QED) is 0.903. The van der Waals surface area contributed by atoms with Crippen molar-refractivity contribution in [3.05, 3.63) is 29.8 Å². The van der Waals surface area contributed by atoms with Gasteiger partial charge in [-0.15, -0.1) is 0 Å². The lowest BCUT2D eigenvalue weighted by Gasteiger charge is -2.29. The molecule has 1 heterocycles. The van der Waals surface area contributed by atoms with Gasteiger partial charge in [-0.05, 0) is 43.9 Å². The van der Waals surface area contributed by atoms with E-state index in [1.54, 1.807) is 0 Å². The van der Waals surface area contributed by atoms with E-state index in [-0.39, 0.29) is 11.9 Å². The summed E-state index contributed by atoms with van der Waals surface area (Å²) in [4.78, 5) is 16.4. The topological polar surface area (TPSA) is 35.6 Å². The van der Waals surface area contributed by atoms with Gasteiger partial charge in [-0.1, -0.05) is 12.1 Å². The molecule has 0 bridgehead atoms. The Balaban J connectivity index is 1.82. The first-order valence-electron chi connectivity index (χ1n) is 7.86. The largest absolute Gasteiger partial charge is 0.378 e. The van der Waals surface area contributed by atoms with Gasteiger partial charge in [0.05, 0.1) is 6.04 Å². The molecule has 1 amide bonds. The van der Waals surface area contributed by atoms with E-state index in [4.69, 9.17) is 0 Å². The minimum atomic E-state index is -0.114. The van der Waals surface area contributed by atoms with Crippen LogP contribution in [0, 0.1) is 0 Å². The fraction of sp³-hybridized carbons (Fsp3) is 0.588. The molecule has 4 nitrogen and oxygen atoms in total. The molecule has 21 heavy (non-hydrogen) atoms. The predicted octanol–water partition coefficient (Wildman–Crippen LogP) is 2.24. The minimum Gasteiger partial charge on any atom is -0.378 e. The maximum absolute atomic E-state index is 12.3.